The van der Waals surface area contributed by atoms with Crippen LogP contribution in [0.4, 0.5) is 23.1 Å². The van der Waals surface area contributed by atoms with E-state index in [4.69, 9.17) is 0 Å². The highest BCUT2D eigenvalue weighted by molar-refractivity contribution is 9.10. The van der Waals surface area contributed by atoms with Crippen LogP contribution in [0, 0.1) is 0 Å². The molecule has 188 valence electrons. The summed E-state index contributed by atoms with van der Waals surface area (Å²) in [5.74, 6) is 1.03. The fourth-order valence-electron chi connectivity index (χ4n) is 3.52. The molecule has 0 saturated carbocycles. The van der Waals surface area contributed by atoms with E-state index in [0.717, 1.165) is 29.9 Å². The third-order valence-electron chi connectivity index (χ3n) is 5.18. The number of aromatic nitrogens is 2. The molecule has 0 fully saturated rings. The first kappa shape index (κ1) is 26.9. The third kappa shape index (κ3) is 7.92. The minimum absolute atomic E-state index is 0.0826. The summed E-state index contributed by atoms with van der Waals surface area (Å²) >= 11 is 3.46. The fraction of sp³-hybridized carbons (Fsp3) is 0.524. The van der Waals surface area contributed by atoms with Crippen molar-refractivity contribution in [3.05, 3.63) is 28.9 Å². The van der Waals surface area contributed by atoms with Crippen molar-refractivity contribution in [1.82, 2.24) is 9.97 Å². The maximum absolute atomic E-state index is 13.6. The Morgan fingerprint density at radius 2 is 1.82 bits per heavy atom. The molecule has 1 atom stereocenters. The lowest BCUT2D eigenvalue weighted by molar-refractivity contribution is 0.596. The second-order valence-electron chi connectivity index (χ2n) is 9.61. The maximum atomic E-state index is 13.6. The molecular formula is C21H33BrN6O3S2Si. The van der Waals surface area contributed by atoms with E-state index in [-0.39, 0.29) is 5.75 Å². The quantitative estimate of drug-likeness (QED) is 0.397. The van der Waals surface area contributed by atoms with Crippen LogP contribution in [0.1, 0.15) is 19.3 Å². The number of sulfonamides is 1. The van der Waals surface area contributed by atoms with Crippen LogP contribution < -0.4 is 16.0 Å². The Balaban J connectivity index is 1.93. The summed E-state index contributed by atoms with van der Waals surface area (Å²) in [5.41, 5.74) is 1.27. The van der Waals surface area contributed by atoms with Crippen LogP contribution in [0.25, 0.3) is 0 Å². The summed E-state index contributed by atoms with van der Waals surface area (Å²) in [6.45, 7) is 7.97. The predicted octanol–water partition coefficient (Wildman–Crippen LogP) is 5.12. The minimum atomic E-state index is -3.82. The summed E-state index contributed by atoms with van der Waals surface area (Å²) in [5, 5.41) is 9.77. The molecule has 13 heteroatoms. The van der Waals surface area contributed by atoms with E-state index in [1.807, 2.05) is 0 Å². The fourth-order valence-corrected chi connectivity index (χ4v) is 9.06. The van der Waals surface area contributed by atoms with E-state index in [2.05, 4.69) is 65.3 Å². The van der Waals surface area contributed by atoms with Crippen LogP contribution in [0.2, 0.25) is 25.7 Å². The molecule has 1 aromatic carbocycles. The summed E-state index contributed by atoms with van der Waals surface area (Å²) in [7, 11) is -8.36. The molecular weight excluding hydrogens is 556 g/mol. The van der Waals surface area contributed by atoms with Crippen LogP contribution in [0.3, 0.4) is 0 Å². The minimum Gasteiger partial charge on any atom is -0.384 e. The maximum Gasteiger partial charge on any atom is 0.261 e. The van der Waals surface area contributed by atoms with Gasteiger partial charge in [-0.15, -0.1) is 3.77 Å². The van der Waals surface area contributed by atoms with Gasteiger partial charge in [0.1, 0.15) is 5.82 Å². The van der Waals surface area contributed by atoms with Crippen LogP contribution in [0.5, 0.6) is 0 Å². The average molecular weight is 590 g/mol. The highest BCUT2D eigenvalue weighted by Gasteiger charge is 2.20. The van der Waals surface area contributed by atoms with Gasteiger partial charge in [-0.2, -0.15) is 4.98 Å². The zero-order chi connectivity index (χ0) is 25.0. The Bertz CT molecular complexity index is 1260. The molecule has 4 bridgehead atoms. The molecule has 0 spiro atoms. The molecule has 3 N–H and O–H groups in total. The predicted molar refractivity (Wildman–Crippen MR) is 147 cm³/mol. The molecule has 0 amide bonds. The number of nitrogens with one attached hydrogen (secondary N) is 3. The van der Waals surface area contributed by atoms with Crippen molar-refractivity contribution in [2.75, 3.05) is 41.0 Å². The van der Waals surface area contributed by atoms with Crippen molar-refractivity contribution >= 4 is 66.9 Å². The molecule has 1 aromatic heterocycles. The topological polar surface area (TPSA) is 125 Å². The molecule has 3 rings (SSSR count). The van der Waals surface area contributed by atoms with Crippen molar-refractivity contribution in [2.24, 2.45) is 3.77 Å². The van der Waals surface area contributed by atoms with E-state index < -0.39 is 27.8 Å². The summed E-state index contributed by atoms with van der Waals surface area (Å²) < 4.78 is 43.5. The summed E-state index contributed by atoms with van der Waals surface area (Å²) in [6.07, 6.45) is 5.35. The normalized spacial score (nSPS) is 16.4. The number of nitrogens with zero attached hydrogens (tertiary/aromatic N) is 3. The van der Waals surface area contributed by atoms with Crippen molar-refractivity contribution in [2.45, 2.75) is 49.8 Å². The molecule has 9 nitrogen and oxygen atoms in total. The average Bonchev–Trinajstić information content (AvgIpc) is 2.71. The number of rotatable bonds is 6. The molecule has 2 aromatic rings. The van der Waals surface area contributed by atoms with Crippen molar-refractivity contribution < 1.29 is 12.6 Å². The molecule has 34 heavy (non-hydrogen) atoms. The first-order valence-electron chi connectivity index (χ1n) is 11.2. The molecule has 1 aliphatic heterocycles. The van der Waals surface area contributed by atoms with Crippen molar-refractivity contribution in [3.8, 4) is 0 Å². The monoisotopic (exact) mass is 588 g/mol. The van der Waals surface area contributed by atoms with Gasteiger partial charge in [0, 0.05) is 39.3 Å². The van der Waals surface area contributed by atoms with E-state index in [0.29, 0.717) is 41.0 Å². The first-order valence-corrected chi connectivity index (χ1v) is 19.3. The smallest absolute Gasteiger partial charge is 0.261 e. The number of hydrogen-bond donors (Lipinski definition) is 3. The summed E-state index contributed by atoms with van der Waals surface area (Å²) in [6, 6.07) is 6.07. The van der Waals surface area contributed by atoms with E-state index in [1.165, 1.54) is 6.26 Å². The van der Waals surface area contributed by atoms with Gasteiger partial charge in [0.2, 0.25) is 5.95 Å². The molecule has 1 unspecified atom stereocenters. The highest BCUT2D eigenvalue weighted by atomic mass is 79.9. The molecule has 0 aliphatic carbocycles. The molecule has 0 saturated heterocycles. The second kappa shape index (κ2) is 10.9. The Labute approximate surface area is 212 Å². The Morgan fingerprint density at radius 1 is 1.12 bits per heavy atom. The van der Waals surface area contributed by atoms with Crippen molar-refractivity contribution in [3.63, 3.8) is 0 Å². The van der Waals surface area contributed by atoms with Gasteiger partial charge < -0.3 is 16.0 Å². The molecule has 2 heterocycles. The number of fused-ring (bicyclic) bond motifs is 4. The van der Waals surface area contributed by atoms with Crippen LogP contribution in [0.15, 0.2) is 37.5 Å². The van der Waals surface area contributed by atoms with Crippen LogP contribution in [-0.4, -0.2) is 55.8 Å². The largest absolute Gasteiger partial charge is 0.384 e. The van der Waals surface area contributed by atoms with Crippen LogP contribution in [-0.2, 0) is 19.8 Å². The third-order valence-corrected chi connectivity index (χ3v) is 11.6. The zero-order valence-electron chi connectivity index (χ0n) is 20.0. The van der Waals surface area contributed by atoms with Gasteiger partial charge in [-0.05, 0) is 53.4 Å². The lowest BCUT2D eigenvalue weighted by Crippen LogP contribution is -2.20. The Hall–Kier alpha value is -1.70. The van der Waals surface area contributed by atoms with E-state index in [1.54, 1.807) is 24.4 Å². The number of benzene rings is 1. The molecule has 1 aliphatic rings. The number of hydrogen-bond acceptors (Lipinski definition) is 8. The first-order chi connectivity index (χ1) is 15.8. The lowest BCUT2D eigenvalue weighted by Gasteiger charge is -2.16. The van der Waals surface area contributed by atoms with E-state index in [9.17, 15) is 12.6 Å². The standard InChI is InChI=1S/C21H33BrN6O3S2Si/c1-32(29,28-33(30,31)12-7-13-34(2,3)4)19-9-8-16-14-18(19)23-10-5-6-11-24-20-17(22)15-25-21(26-16)27-20/h8-9,14-15,23H,5-7,10-13H2,1-4H3,(H2,24,25,26,27). The number of halogens is 1. The Kier molecular flexibility index (Phi) is 8.64. The second-order valence-corrected chi connectivity index (χ2v) is 20.3. The highest BCUT2D eigenvalue weighted by Crippen LogP contribution is 2.30. The Morgan fingerprint density at radius 3 is 2.53 bits per heavy atom. The van der Waals surface area contributed by atoms with Crippen LogP contribution >= 0.6 is 15.9 Å². The van der Waals surface area contributed by atoms with Gasteiger partial charge in [-0.25, -0.2) is 17.6 Å². The molecule has 0 radical (unpaired) electrons. The van der Waals surface area contributed by atoms with Gasteiger partial charge in [-0.3, -0.25) is 0 Å². The van der Waals surface area contributed by atoms with Gasteiger partial charge in [0.05, 0.1) is 30.5 Å². The van der Waals surface area contributed by atoms with Gasteiger partial charge in [0.15, 0.2) is 0 Å². The van der Waals surface area contributed by atoms with Gasteiger partial charge >= 0.3 is 0 Å². The van der Waals surface area contributed by atoms with Gasteiger partial charge in [-0.1, -0.05) is 25.7 Å². The van der Waals surface area contributed by atoms with Crippen molar-refractivity contribution in [1.29, 1.82) is 0 Å². The SMILES string of the molecule is C[Si](C)(C)CCCS(=O)(=O)N=S(C)(=O)c1ccc2cc1NCCCCNc1nc(ncc1Br)N2. The lowest BCUT2D eigenvalue weighted by atomic mass is 10.2. The summed E-state index contributed by atoms with van der Waals surface area (Å²) in [4.78, 5) is 9.17. The number of anilines is 4. The van der Waals surface area contributed by atoms with Gasteiger partial charge in [0.25, 0.3) is 10.0 Å². The zero-order valence-corrected chi connectivity index (χ0v) is 24.2. The van der Waals surface area contributed by atoms with E-state index >= 15 is 0 Å².